The molecule has 3 rings (SSSR count). The predicted octanol–water partition coefficient (Wildman–Crippen LogP) is 3.77. The standard InChI is InChI=1S/C20H18N4O3/c1-14-6-7-15(2)23(14)19-5-3-4-17(12-19)20(25)22-21-13-16-8-10-18(11-9-16)24(26)27/h3-13H,1-2H3,(H,22,25)/b21-13+. The van der Waals surface area contributed by atoms with E-state index in [4.69, 9.17) is 0 Å². The van der Waals surface area contributed by atoms with E-state index in [1.165, 1.54) is 18.3 Å². The van der Waals surface area contributed by atoms with Gasteiger partial charge in [0.2, 0.25) is 0 Å². The van der Waals surface area contributed by atoms with Gasteiger partial charge in [-0.1, -0.05) is 6.07 Å². The van der Waals surface area contributed by atoms with Gasteiger partial charge in [-0.25, -0.2) is 5.43 Å². The average Bonchev–Trinajstić information content (AvgIpc) is 3.00. The number of carbonyl (C=O) groups is 1. The third kappa shape index (κ3) is 4.09. The Bertz CT molecular complexity index is 1000. The minimum Gasteiger partial charge on any atom is -0.318 e. The van der Waals surface area contributed by atoms with Gasteiger partial charge in [-0.2, -0.15) is 5.10 Å². The number of nitrogens with zero attached hydrogens (tertiary/aromatic N) is 3. The zero-order valence-electron chi connectivity index (χ0n) is 14.9. The number of nitrogens with one attached hydrogen (secondary N) is 1. The highest BCUT2D eigenvalue weighted by atomic mass is 16.6. The number of hydrogen-bond donors (Lipinski definition) is 1. The lowest BCUT2D eigenvalue weighted by molar-refractivity contribution is -0.384. The Morgan fingerprint density at radius 2 is 1.74 bits per heavy atom. The third-order valence-corrected chi connectivity index (χ3v) is 4.12. The molecule has 0 saturated carbocycles. The van der Waals surface area contributed by atoms with Crippen LogP contribution in [-0.2, 0) is 0 Å². The van der Waals surface area contributed by atoms with Crippen LogP contribution in [0.2, 0.25) is 0 Å². The van der Waals surface area contributed by atoms with E-state index < -0.39 is 4.92 Å². The molecule has 0 saturated heterocycles. The molecule has 2 aromatic carbocycles. The number of carbonyl (C=O) groups excluding carboxylic acids is 1. The highest BCUT2D eigenvalue weighted by Crippen LogP contribution is 2.17. The quantitative estimate of drug-likeness (QED) is 0.426. The lowest BCUT2D eigenvalue weighted by Gasteiger charge is -2.10. The molecular weight excluding hydrogens is 344 g/mol. The van der Waals surface area contributed by atoms with Crippen LogP contribution in [0.3, 0.4) is 0 Å². The van der Waals surface area contributed by atoms with Crippen LogP contribution < -0.4 is 5.43 Å². The average molecular weight is 362 g/mol. The summed E-state index contributed by atoms with van der Waals surface area (Å²) in [6, 6.07) is 17.2. The van der Waals surface area contributed by atoms with E-state index in [2.05, 4.69) is 15.1 Å². The lowest BCUT2D eigenvalue weighted by Crippen LogP contribution is -2.18. The number of hydrazone groups is 1. The summed E-state index contributed by atoms with van der Waals surface area (Å²) in [7, 11) is 0. The molecule has 0 aliphatic carbocycles. The predicted molar refractivity (Wildman–Crippen MR) is 103 cm³/mol. The number of benzene rings is 2. The van der Waals surface area contributed by atoms with E-state index >= 15 is 0 Å². The molecule has 0 radical (unpaired) electrons. The fourth-order valence-electron chi connectivity index (χ4n) is 2.77. The highest BCUT2D eigenvalue weighted by Gasteiger charge is 2.09. The largest absolute Gasteiger partial charge is 0.318 e. The van der Waals surface area contributed by atoms with Gasteiger partial charge >= 0.3 is 0 Å². The molecule has 3 aromatic rings. The van der Waals surface area contributed by atoms with Gasteiger partial charge in [-0.05, 0) is 61.9 Å². The molecule has 0 aliphatic heterocycles. The van der Waals surface area contributed by atoms with Crippen LogP contribution in [0.1, 0.15) is 27.3 Å². The minimum atomic E-state index is -0.468. The normalized spacial score (nSPS) is 10.9. The van der Waals surface area contributed by atoms with Crippen molar-refractivity contribution >= 4 is 17.8 Å². The smallest absolute Gasteiger partial charge is 0.271 e. The molecule has 0 atom stereocenters. The molecule has 136 valence electrons. The number of nitro benzene ring substituents is 1. The number of non-ortho nitro benzene ring substituents is 1. The number of nitro groups is 1. The molecule has 0 bridgehead atoms. The topological polar surface area (TPSA) is 89.5 Å². The van der Waals surface area contributed by atoms with Crippen molar-refractivity contribution in [3.63, 3.8) is 0 Å². The van der Waals surface area contributed by atoms with Gasteiger partial charge in [-0.3, -0.25) is 14.9 Å². The molecule has 1 aromatic heterocycles. The fourth-order valence-corrected chi connectivity index (χ4v) is 2.77. The summed E-state index contributed by atoms with van der Waals surface area (Å²) in [5.41, 5.74) is 6.68. The van der Waals surface area contributed by atoms with E-state index in [1.807, 2.05) is 38.1 Å². The maximum absolute atomic E-state index is 12.3. The van der Waals surface area contributed by atoms with Crippen LogP contribution in [0.4, 0.5) is 5.69 Å². The van der Waals surface area contributed by atoms with Crippen molar-refractivity contribution in [1.82, 2.24) is 9.99 Å². The second-order valence-electron chi connectivity index (χ2n) is 6.05. The Balaban J connectivity index is 1.71. The third-order valence-electron chi connectivity index (χ3n) is 4.12. The van der Waals surface area contributed by atoms with Crippen LogP contribution in [0.15, 0.2) is 65.8 Å². The van der Waals surface area contributed by atoms with E-state index in [0.717, 1.165) is 17.1 Å². The van der Waals surface area contributed by atoms with Gasteiger partial charge < -0.3 is 4.57 Å². The number of rotatable bonds is 5. The fraction of sp³-hybridized carbons (Fsp3) is 0.100. The van der Waals surface area contributed by atoms with Crippen LogP contribution >= 0.6 is 0 Å². The van der Waals surface area contributed by atoms with E-state index in [0.29, 0.717) is 11.1 Å². The van der Waals surface area contributed by atoms with Crippen molar-refractivity contribution in [1.29, 1.82) is 0 Å². The highest BCUT2D eigenvalue weighted by molar-refractivity contribution is 5.95. The number of amides is 1. The maximum Gasteiger partial charge on any atom is 0.271 e. The van der Waals surface area contributed by atoms with Crippen molar-refractivity contribution in [2.75, 3.05) is 0 Å². The van der Waals surface area contributed by atoms with E-state index in [1.54, 1.807) is 24.3 Å². The first-order valence-electron chi connectivity index (χ1n) is 8.29. The molecular formula is C20H18N4O3. The zero-order valence-corrected chi connectivity index (χ0v) is 14.9. The number of aryl methyl sites for hydroxylation is 2. The molecule has 7 heteroatoms. The Morgan fingerprint density at radius 1 is 1.07 bits per heavy atom. The first kappa shape index (κ1) is 18.1. The maximum atomic E-state index is 12.3. The van der Waals surface area contributed by atoms with Gasteiger partial charge in [0.15, 0.2) is 0 Å². The van der Waals surface area contributed by atoms with Gasteiger partial charge in [0.25, 0.3) is 11.6 Å². The minimum absolute atomic E-state index is 0.00333. The molecule has 7 nitrogen and oxygen atoms in total. The lowest BCUT2D eigenvalue weighted by atomic mass is 10.2. The van der Waals surface area contributed by atoms with Gasteiger partial charge in [-0.15, -0.1) is 0 Å². The van der Waals surface area contributed by atoms with Gasteiger partial charge in [0, 0.05) is 34.8 Å². The molecule has 0 unspecified atom stereocenters. The first-order valence-corrected chi connectivity index (χ1v) is 8.29. The Hall–Kier alpha value is -3.74. The second-order valence-corrected chi connectivity index (χ2v) is 6.05. The number of hydrogen-bond acceptors (Lipinski definition) is 4. The zero-order chi connectivity index (χ0) is 19.4. The summed E-state index contributed by atoms with van der Waals surface area (Å²) in [6.45, 7) is 4.02. The molecule has 0 fully saturated rings. The van der Waals surface area contributed by atoms with Crippen LogP contribution in [0.5, 0.6) is 0 Å². The monoisotopic (exact) mass is 362 g/mol. The Morgan fingerprint density at radius 3 is 2.37 bits per heavy atom. The molecule has 1 heterocycles. The summed E-state index contributed by atoms with van der Waals surface area (Å²) < 4.78 is 2.07. The van der Waals surface area contributed by atoms with Crippen molar-refractivity contribution in [3.8, 4) is 5.69 Å². The summed E-state index contributed by atoms with van der Waals surface area (Å²) in [6.07, 6.45) is 1.44. The van der Waals surface area contributed by atoms with Crippen molar-refractivity contribution in [2.45, 2.75) is 13.8 Å². The Labute approximate surface area is 156 Å². The summed E-state index contributed by atoms with van der Waals surface area (Å²) in [5.74, 6) is -0.336. The first-order chi connectivity index (χ1) is 13.0. The summed E-state index contributed by atoms with van der Waals surface area (Å²) in [4.78, 5) is 22.5. The second kappa shape index (κ2) is 7.65. The van der Waals surface area contributed by atoms with E-state index in [9.17, 15) is 14.9 Å². The van der Waals surface area contributed by atoms with Crippen molar-refractivity contribution in [2.24, 2.45) is 5.10 Å². The summed E-state index contributed by atoms with van der Waals surface area (Å²) in [5, 5.41) is 14.6. The van der Waals surface area contributed by atoms with E-state index in [-0.39, 0.29) is 11.6 Å². The number of aromatic nitrogens is 1. The van der Waals surface area contributed by atoms with Crippen LogP contribution in [0.25, 0.3) is 5.69 Å². The van der Waals surface area contributed by atoms with Crippen LogP contribution in [-0.4, -0.2) is 21.6 Å². The molecule has 27 heavy (non-hydrogen) atoms. The Kier molecular flexibility index (Phi) is 5.12. The SMILES string of the molecule is Cc1ccc(C)n1-c1cccc(C(=O)N/N=C/c2ccc([N+](=O)[O-])cc2)c1. The molecule has 1 amide bonds. The molecule has 0 spiro atoms. The van der Waals surface area contributed by atoms with Crippen molar-refractivity contribution < 1.29 is 9.72 Å². The van der Waals surface area contributed by atoms with Gasteiger partial charge in [0.05, 0.1) is 11.1 Å². The van der Waals surface area contributed by atoms with Gasteiger partial charge in [0.1, 0.15) is 0 Å². The molecule has 0 aliphatic rings. The van der Waals surface area contributed by atoms with Crippen LogP contribution in [0, 0.1) is 24.0 Å². The molecule has 1 N–H and O–H groups in total. The summed E-state index contributed by atoms with van der Waals surface area (Å²) >= 11 is 0. The van der Waals surface area contributed by atoms with Crippen molar-refractivity contribution in [3.05, 3.63) is 93.3 Å².